The van der Waals surface area contributed by atoms with Gasteiger partial charge in [-0.15, -0.1) is 0 Å². The molecule has 94 valence electrons. The molecular weight excluding hydrogens is 216 g/mol. The van der Waals surface area contributed by atoms with Crippen molar-refractivity contribution in [3.05, 3.63) is 35.4 Å². The zero-order valence-corrected chi connectivity index (χ0v) is 10.1. The monoisotopic (exact) mass is 236 g/mol. The zero-order valence-electron chi connectivity index (χ0n) is 10.1. The molecule has 0 aromatic heterocycles. The molecule has 0 radical (unpaired) electrons. The summed E-state index contributed by atoms with van der Waals surface area (Å²) in [5.74, 6) is -0.113. The minimum Gasteiger partial charge on any atom is -0.392 e. The lowest BCUT2D eigenvalue weighted by molar-refractivity contribution is -0.122. The number of nitrogens with one attached hydrogen (secondary N) is 1. The summed E-state index contributed by atoms with van der Waals surface area (Å²) in [5, 5.41) is 11.7. The molecule has 0 aliphatic heterocycles. The Kier molecular flexibility index (Phi) is 5.66. The number of benzene rings is 1. The van der Waals surface area contributed by atoms with E-state index in [1.54, 1.807) is 0 Å². The number of aliphatic hydroxyl groups is 1. The van der Waals surface area contributed by atoms with Crippen LogP contribution in [0.4, 0.5) is 0 Å². The van der Waals surface area contributed by atoms with Crippen molar-refractivity contribution in [1.29, 1.82) is 0 Å². The van der Waals surface area contributed by atoms with Gasteiger partial charge in [0.05, 0.1) is 12.6 Å². The predicted molar refractivity (Wildman–Crippen MR) is 67.1 cm³/mol. The first-order valence-corrected chi connectivity index (χ1v) is 5.89. The van der Waals surface area contributed by atoms with Gasteiger partial charge in [0, 0.05) is 6.54 Å². The smallest absolute Gasteiger partial charge is 0.237 e. The van der Waals surface area contributed by atoms with Crippen molar-refractivity contribution in [1.82, 2.24) is 5.32 Å². The van der Waals surface area contributed by atoms with Gasteiger partial charge in [0.1, 0.15) is 0 Å². The highest BCUT2D eigenvalue weighted by Gasteiger charge is 2.11. The number of aliphatic hydroxyl groups excluding tert-OH is 1. The summed E-state index contributed by atoms with van der Waals surface area (Å²) in [6, 6.07) is 7.03. The third kappa shape index (κ3) is 4.54. The second kappa shape index (κ2) is 7.04. The highest BCUT2D eigenvalue weighted by molar-refractivity contribution is 5.81. The fourth-order valence-corrected chi connectivity index (χ4v) is 1.52. The van der Waals surface area contributed by atoms with Crippen molar-refractivity contribution in [2.24, 2.45) is 5.73 Å². The standard InChI is InChI=1S/C13H20N2O2/c1-2-3-12(14)13(17)15-8-10-4-6-11(9-16)7-5-10/h4-7,12,16H,2-3,8-9,14H2,1H3,(H,15,17)/t12-/m1/s1. The molecule has 4 heteroatoms. The molecule has 0 unspecified atom stereocenters. The molecule has 1 rings (SSSR count). The lowest BCUT2D eigenvalue weighted by Gasteiger charge is -2.11. The highest BCUT2D eigenvalue weighted by atomic mass is 16.3. The van der Waals surface area contributed by atoms with Crippen LogP contribution >= 0.6 is 0 Å². The van der Waals surface area contributed by atoms with E-state index in [1.807, 2.05) is 31.2 Å². The quantitative estimate of drug-likeness (QED) is 0.687. The Labute approximate surface area is 102 Å². The molecule has 4 nitrogen and oxygen atoms in total. The van der Waals surface area contributed by atoms with E-state index in [2.05, 4.69) is 5.32 Å². The molecule has 0 spiro atoms. The predicted octanol–water partition coefficient (Wildman–Crippen LogP) is 0.922. The SMILES string of the molecule is CCC[C@@H](N)C(=O)NCc1ccc(CO)cc1. The summed E-state index contributed by atoms with van der Waals surface area (Å²) in [4.78, 5) is 11.6. The number of carbonyl (C=O) groups excluding carboxylic acids is 1. The number of carbonyl (C=O) groups is 1. The third-order valence-corrected chi connectivity index (χ3v) is 2.61. The van der Waals surface area contributed by atoms with Gasteiger partial charge < -0.3 is 16.2 Å². The summed E-state index contributed by atoms with van der Waals surface area (Å²) >= 11 is 0. The summed E-state index contributed by atoms with van der Waals surface area (Å²) in [7, 11) is 0. The van der Waals surface area contributed by atoms with E-state index >= 15 is 0 Å². The first kappa shape index (κ1) is 13.7. The second-order valence-electron chi connectivity index (χ2n) is 4.09. The molecule has 0 fully saturated rings. The number of hydrogen-bond donors (Lipinski definition) is 3. The third-order valence-electron chi connectivity index (χ3n) is 2.61. The van der Waals surface area contributed by atoms with Crippen LogP contribution in [-0.4, -0.2) is 17.1 Å². The maximum atomic E-state index is 11.6. The van der Waals surface area contributed by atoms with Gasteiger partial charge in [-0.05, 0) is 17.5 Å². The Morgan fingerprint density at radius 3 is 2.47 bits per heavy atom. The van der Waals surface area contributed by atoms with Gasteiger partial charge in [-0.1, -0.05) is 37.6 Å². The largest absolute Gasteiger partial charge is 0.392 e. The van der Waals surface area contributed by atoms with Crippen LogP contribution in [0.2, 0.25) is 0 Å². The Hall–Kier alpha value is -1.39. The number of nitrogens with two attached hydrogens (primary N) is 1. The van der Waals surface area contributed by atoms with Gasteiger partial charge >= 0.3 is 0 Å². The van der Waals surface area contributed by atoms with Gasteiger partial charge in [-0.25, -0.2) is 0 Å². The zero-order chi connectivity index (χ0) is 12.7. The summed E-state index contributed by atoms with van der Waals surface area (Å²) in [5.41, 5.74) is 7.56. The van der Waals surface area contributed by atoms with Crippen molar-refractivity contribution in [3.8, 4) is 0 Å². The second-order valence-corrected chi connectivity index (χ2v) is 4.09. The highest BCUT2D eigenvalue weighted by Crippen LogP contribution is 2.04. The van der Waals surface area contributed by atoms with Crippen LogP contribution in [-0.2, 0) is 17.9 Å². The minimum atomic E-state index is -0.420. The van der Waals surface area contributed by atoms with Crippen LogP contribution in [0.1, 0.15) is 30.9 Å². The van der Waals surface area contributed by atoms with Crippen molar-refractivity contribution < 1.29 is 9.90 Å². The van der Waals surface area contributed by atoms with Crippen molar-refractivity contribution in [3.63, 3.8) is 0 Å². The van der Waals surface area contributed by atoms with E-state index in [4.69, 9.17) is 10.8 Å². The number of amides is 1. The Bertz CT molecular complexity index is 349. The van der Waals surface area contributed by atoms with Crippen LogP contribution in [0.15, 0.2) is 24.3 Å². The molecule has 1 amide bonds. The van der Waals surface area contributed by atoms with E-state index < -0.39 is 6.04 Å². The number of hydrogen-bond acceptors (Lipinski definition) is 3. The van der Waals surface area contributed by atoms with Crippen LogP contribution < -0.4 is 11.1 Å². The maximum absolute atomic E-state index is 11.6. The molecule has 1 aromatic rings. The van der Waals surface area contributed by atoms with E-state index in [1.165, 1.54) is 0 Å². The fraction of sp³-hybridized carbons (Fsp3) is 0.462. The summed E-state index contributed by atoms with van der Waals surface area (Å²) in [6.07, 6.45) is 1.61. The molecule has 0 heterocycles. The number of rotatable bonds is 6. The van der Waals surface area contributed by atoms with Gasteiger partial charge in [0.25, 0.3) is 0 Å². The van der Waals surface area contributed by atoms with Crippen molar-refractivity contribution in [2.45, 2.75) is 39.0 Å². The van der Waals surface area contributed by atoms with Gasteiger partial charge in [0.15, 0.2) is 0 Å². The molecule has 1 aromatic carbocycles. The van der Waals surface area contributed by atoms with Crippen LogP contribution in [0.3, 0.4) is 0 Å². The van der Waals surface area contributed by atoms with E-state index in [9.17, 15) is 4.79 Å². The maximum Gasteiger partial charge on any atom is 0.237 e. The van der Waals surface area contributed by atoms with Gasteiger partial charge in [-0.2, -0.15) is 0 Å². The average molecular weight is 236 g/mol. The molecule has 17 heavy (non-hydrogen) atoms. The fourth-order valence-electron chi connectivity index (χ4n) is 1.52. The lowest BCUT2D eigenvalue weighted by atomic mass is 10.1. The van der Waals surface area contributed by atoms with Gasteiger partial charge in [0.2, 0.25) is 5.91 Å². The molecule has 0 bridgehead atoms. The average Bonchev–Trinajstić information content (AvgIpc) is 2.36. The Morgan fingerprint density at radius 1 is 1.35 bits per heavy atom. The molecule has 0 saturated heterocycles. The van der Waals surface area contributed by atoms with Crippen LogP contribution in [0.25, 0.3) is 0 Å². The normalized spacial score (nSPS) is 12.2. The topological polar surface area (TPSA) is 75.4 Å². The molecule has 4 N–H and O–H groups in total. The Morgan fingerprint density at radius 2 is 1.94 bits per heavy atom. The first-order valence-electron chi connectivity index (χ1n) is 5.89. The molecule has 1 atom stereocenters. The summed E-state index contributed by atoms with van der Waals surface area (Å²) in [6.45, 7) is 2.51. The van der Waals surface area contributed by atoms with Crippen molar-refractivity contribution >= 4 is 5.91 Å². The van der Waals surface area contributed by atoms with E-state index in [0.29, 0.717) is 13.0 Å². The van der Waals surface area contributed by atoms with Crippen LogP contribution in [0.5, 0.6) is 0 Å². The first-order chi connectivity index (χ1) is 8.17. The molecule has 0 saturated carbocycles. The van der Waals surface area contributed by atoms with Gasteiger partial charge in [-0.3, -0.25) is 4.79 Å². The lowest BCUT2D eigenvalue weighted by Crippen LogP contribution is -2.40. The molecule has 0 aliphatic rings. The Balaban J connectivity index is 2.41. The van der Waals surface area contributed by atoms with Crippen LogP contribution in [0, 0.1) is 0 Å². The van der Waals surface area contributed by atoms with E-state index in [0.717, 1.165) is 17.5 Å². The van der Waals surface area contributed by atoms with E-state index in [-0.39, 0.29) is 12.5 Å². The molecular formula is C13H20N2O2. The summed E-state index contributed by atoms with van der Waals surface area (Å²) < 4.78 is 0. The minimum absolute atomic E-state index is 0.0357. The molecule has 0 aliphatic carbocycles. The van der Waals surface area contributed by atoms with Crippen molar-refractivity contribution in [2.75, 3.05) is 0 Å².